The smallest absolute Gasteiger partial charge is 0.240 e. The highest BCUT2D eigenvalue weighted by Gasteiger charge is 2.26. The number of carbonyl (C=O) groups excluding carboxylic acids is 1. The minimum Gasteiger partial charge on any atom is -0.337 e. The number of nitrogens with one attached hydrogen (secondary N) is 2. The molecule has 1 unspecified atom stereocenters. The molecule has 8 nitrogen and oxygen atoms in total. The average molecular weight is 303 g/mol. The lowest BCUT2D eigenvalue weighted by Crippen LogP contribution is -2.47. The summed E-state index contributed by atoms with van der Waals surface area (Å²) in [5.74, 6) is 0.445. The Kier molecular flexibility index (Phi) is 5.63. The molecule has 1 aromatic rings. The molecule has 0 saturated heterocycles. The van der Waals surface area contributed by atoms with E-state index in [1.807, 2.05) is 13.8 Å². The monoisotopic (exact) mass is 303 g/mol. The zero-order chi connectivity index (χ0) is 15.3. The lowest BCUT2D eigenvalue weighted by Gasteiger charge is -2.24. The van der Waals surface area contributed by atoms with Crippen molar-refractivity contribution in [3.8, 4) is 0 Å². The minimum absolute atomic E-state index is 0.192. The van der Waals surface area contributed by atoms with Crippen molar-refractivity contribution in [2.45, 2.75) is 32.9 Å². The van der Waals surface area contributed by atoms with E-state index >= 15 is 0 Å². The summed E-state index contributed by atoms with van der Waals surface area (Å²) >= 11 is 0. The Hall–Kier alpha value is -1.48. The number of carbonyl (C=O) groups is 1. The van der Waals surface area contributed by atoms with Gasteiger partial charge in [-0.25, -0.2) is 18.1 Å². The van der Waals surface area contributed by atoms with Crippen LogP contribution in [0.2, 0.25) is 0 Å². The van der Waals surface area contributed by atoms with Crippen LogP contribution in [-0.4, -0.2) is 53.8 Å². The van der Waals surface area contributed by atoms with Gasteiger partial charge in [0.1, 0.15) is 18.2 Å². The summed E-state index contributed by atoms with van der Waals surface area (Å²) in [5.41, 5.74) is 0. The number of sulfonamides is 1. The van der Waals surface area contributed by atoms with Gasteiger partial charge in [0, 0.05) is 7.05 Å². The number of aromatic amines is 1. The molecule has 1 rings (SSSR count). The van der Waals surface area contributed by atoms with Gasteiger partial charge in [0.25, 0.3) is 0 Å². The Morgan fingerprint density at radius 2 is 2.15 bits per heavy atom. The van der Waals surface area contributed by atoms with Gasteiger partial charge >= 0.3 is 0 Å². The van der Waals surface area contributed by atoms with Crippen molar-refractivity contribution in [1.29, 1.82) is 0 Å². The maximum absolute atomic E-state index is 12.3. The molecule has 0 fully saturated rings. The Balaban J connectivity index is 2.75. The van der Waals surface area contributed by atoms with Crippen molar-refractivity contribution < 1.29 is 13.2 Å². The molecular weight excluding hydrogens is 282 g/mol. The third kappa shape index (κ3) is 5.66. The Morgan fingerprint density at radius 3 is 2.60 bits per heavy atom. The van der Waals surface area contributed by atoms with Gasteiger partial charge in [-0.15, -0.1) is 0 Å². The van der Waals surface area contributed by atoms with E-state index in [1.54, 1.807) is 7.05 Å². The van der Waals surface area contributed by atoms with Crippen LogP contribution in [0.3, 0.4) is 0 Å². The number of nitrogens with zero attached hydrogens (tertiary/aromatic N) is 3. The topological polar surface area (TPSA) is 108 Å². The Bertz CT molecular complexity index is 526. The summed E-state index contributed by atoms with van der Waals surface area (Å²) < 4.78 is 25.1. The predicted molar refractivity (Wildman–Crippen MR) is 74.1 cm³/mol. The molecule has 1 amide bonds. The highest BCUT2D eigenvalue weighted by atomic mass is 32.2. The molecule has 0 spiro atoms. The van der Waals surface area contributed by atoms with E-state index < -0.39 is 16.1 Å². The van der Waals surface area contributed by atoms with Crippen molar-refractivity contribution >= 4 is 15.9 Å². The molecular formula is C11H21N5O3S. The van der Waals surface area contributed by atoms with Gasteiger partial charge in [-0.3, -0.25) is 9.89 Å². The highest BCUT2D eigenvalue weighted by molar-refractivity contribution is 7.88. The molecule has 0 aliphatic carbocycles. The highest BCUT2D eigenvalue weighted by Crippen LogP contribution is 2.09. The maximum Gasteiger partial charge on any atom is 0.240 e. The summed E-state index contributed by atoms with van der Waals surface area (Å²) in [6, 6.07) is -0.766. The summed E-state index contributed by atoms with van der Waals surface area (Å²) in [6.07, 6.45) is 2.84. The molecule has 0 aromatic carbocycles. The zero-order valence-electron chi connectivity index (χ0n) is 12.1. The molecule has 0 aliphatic rings. The number of amides is 1. The van der Waals surface area contributed by atoms with Crippen LogP contribution in [0.4, 0.5) is 0 Å². The number of rotatable bonds is 7. The normalized spacial score (nSPS) is 13.4. The first-order valence-corrected chi connectivity index (χ1v) is 8.14. The average Bonchev–Trinajstić information content (AvgIpc) is 2.77. The van der Waals surface area contributed by atoms with Gasteiger partial charge in [-0.05, 0) is 12.3 Å². The van der Waals surface area contributed by atoms with Crippen LogP contribution in [0.15, 0.2) is 6.33 Å². The molecule has 0 radical (unpaired) electrons. The molecule has 0 saturated carbocycles. The number of hydrogen-bond donors (Lipinski definition) is 2. The fourth-order valence-corrected chi connectivity index (χ4v) is 2.52. The third-order valence-electron chi connectivity index (χ3n) is 2.59. The first kappa shape index (κ1) is 16.6. The van der Waals surface area contributed by atoms with Crippen LogP contribution < -0.4 is 4.72 Å². The molecule has 1 atom stereocenters. The van der Waals surface area contributed by atoms with Gasteiger partial charge in [0.15, 0.2) is 0 Å². The molecule has 1 aromatic heterocycles. The van der Waals surface area contributed by atoms with Crippen molar-refractivity contribution in [3.63, 3.8) is 0 Å². The van der Waals surface area contributed by atoms with Crippen LogP contribution in [0, 0.1) is 5.92 Å². The molecule has 9 heteroatoms. The Morgan fingerprint density at radius 1 is 1.50 bits per heavy atom. The lowest BCUT2D eigenvalue weighted by molar-refractivity contribution is -0.132. The number of H-pyrrole nitrogens is 1. The van der Waals surface area contributed by atoms with Crippen LogP contribution in [0.25, 0.3) is 0 Å². The molecule has 0 bridgehead atoms. The van der Waals surface area contributed by atoms with Crippen LogP contribution in [-0.2, 0) is 21.4 Å². The van der Waals surface area contributed by atoms with Crippen LogP contribution in [0.1, 0.15) is 26.1 Å². The summed E-state index contributed by atoms with van der Waals surface area (Å²) in [6.45, 7) is 4.11. The summed E-state index contributed by atoms with van der Waals surface area (Å²) in [4.78, 5) is 17.7. The van der Waals surface area contributed by atoms with Crippen molar-refractivity contribution in [2.75, 3.05) is 13.3 Å². The van der Waals surface area contributed by atoms with E-state index in [-0.39, 0.29) is 18.4 Å². The molecule has 20 heavy (non-hydrogen) atoms. The van der Waals surface area contributed by atoms with Crippen molar-refractivity contribution in [1.82, 2.24) is 24.8 Å². The second-order valence-electron chi connectivity index (χ2n) is 5.20. The molecule has 114 valence electrons. The molecule has 0 aliphatic heterocycles. The molecule has 1 heterocycles. The lowest BCUT2D eigenvalue weighted by atomic mass is 10.0. The van der Waals surface area contributed by atoms with E-state index in [1.165, 1.54) is 11.2 Å². The maximum atomic E-state index is 12.3. The first-order valence-electron chi connectivity index (χ1n) is 6.25. The number of aromatic nitrogens is 3. The van der Waals surface area contributed by atoms with Crippen molar-refractivity contribution in [2.24, 2.45) is 5.92 Å². The van der Waals surface area contributed by atoms with Gasteiger partial charge in [0.05, 0.1) is 12.8 Å². The fraction of sp³-hybridized carbons (Fsp3) is 0.727. The number of hydrogen-bond acceptors (Lipinski definition) is 5. The Labute approximate surface area is 119 Å². The first-order chi connectivity index (χ1) is 9.19. The van der Waals surface area contributed by atoms with E-state index in [9.17, 15) is 13.2 Å². The second kappa shape index (κ2) is 6.80. The van der Waals surface area contributed by atoms with Gasteiger partial charge in [-0.1, -0.05) is 13.8 Å². The quantitative estimate of drug-likeness (QED) is 0.720. The second-order valence-corrected chi connectivity index (χ2v) is 6.98. The van der Waals surface area contributed by atoms with Crippen molar-refractivity contribution in [3.05, 3.63) is 12.2 Å². The van der Waals surface area contributed by atoms with E-state index in [0.29, 0.717) is 12.2 Å². The van der Waals surface area contributed by atoms with Gasteiger partial charge in [0.2, 0.25) is 15.9 Å². The SMILES string of the molecule is CC(C)CC(NS(C)(=O)=O)C(=O)N(C)Cc1ncn[nH]1. The van der Waals surface area contributed by atoms with E-state index in [2.05, 4.69) is 19.9 Å². The molecule has 2 N–H and O–H groups in total. The fourth-order valence-electron chi connectivity index (χ4n) is 1.80. The summed E-state index contributed by atoms with van der Waals surface area (Å²) in [5, 5.41) is 6.36. The van der Waals surface area contributed by atoms with Crippen LogP contribution in [0.5, 0.6) is 0 Å². The summed E-state index contributed by atoms with van der Waals surface area (Å²) in [7, 11) is -1.84. The predicted octanol–water partition coefficient (Wildman–Crippen LogP) is -0.273. The number of likely N-dealkylation sites (N-methyl/N-ethyl adjacent to an activating group) is 1. The zero-order valence-corrected chi connectivity index (χ0v) is 12.9. The van der Waals surface area contributed by atoms with Gasteiger partial charge in [-0.2, -0.15) is 5.10 Å². The largest absolute Gasteiger partial charge is 0.337 e. The van der Waals surface area contributed by atoms with Gasteiger partial charge < -0.3 is 4.90 Å². The van der Waals surface area contributed by atoms with E-state index in [4.69, 9.17) is 0 Å². The standard InChI is InChI=1S/C11H21N5O3S/c1-8(2)5-9(15-20(4,18)19)11(17)16(3)6-10-12-7-13-14-10/h7-9,15H,5-6H2,1-4H3,(H,12,13,14). The van der Waals surface area contributed by atoms with Crippen LogP contribution >= 0.6 is 0 Å². The third-order valence-corrected chi connectivity index (χ3v) is 3.30. The minimum atomic E-state index is -3.44. The van der Waals surface area contributed by atoms with E-state index in [0.717, 1.165) is 6.26 Å².